The quantitative estimate of drug-likeness (QED) is 0.384. The molecule has 0 radical (unpaired) electrons. The number of rotatable bonds is 7. The molecule has 0 aliphatic heterocycles. The number of hydrogen-bond acceptors (Lipinski definition) is 3. The average molecular weight is 297 g/mol. The summed E-state index contributed by atoms with van der Waals surface area (Å²) in [5, 5.41) is 23.4. The Labute approximate surface area is 128 Å². The molecule has 122 valence electrons. The van der Waals surface area contributed by atoms with Crippen molar-refractivity contribution in [2.24, 2.45) is 0 Å². The third-order valence-electron chi connectivity index (χ3n) is 4.11. The lowest BCUT2D eigenvalue weighted by atomic mass is 9.91. The number of aliphatic hydroxyl groups is 2. The highest BCUT2D eigenvalue weighted by Gasteiger charge is 2.34. The highest BCUT2D eigenvalue weighted by atomic mass is 16.4. The number of carbonyl (C=O) groups excluding carboxylic acids is 1. The molecule has 0 saturated heterocycles. The van der Waals surface area contributed by atoms with E-state index in [0.717, 1.165) is 56.9 Å². The van der Waals surface area contributed by atoms with Crippen molar-refractivity contribution in [3.05, 3.63) is 11.6 Å². The van der Waals surface area contributed by atoms with Crippen molar-refractivity contribution in [2.75, 3.05) is 0 Å². The minimum absolute atomic E-state index is 0.195. The van der Waals surface area contributed by atoms with Gasteiger partial charge in [-0.3, -0.25) is 4.79 Å². The number of aliphatic hydroxyl groups excluding tert-OH is 1. The molecule has 0 bridgehead atoms. The molecule has 1 rings (SSSR count). The van der Waals surface area contributed by atoms with Crippen LogP contribution in [-0.4, -0.2) is 27.9 Å². The number of hydrogen-bond donors (Lipinski definition) is 3. The van der Waals surface area contributed by atoms with Gasteiger partial charge in [0.15, 0.2) is 5.72 Å². The molecule has 0 unspecified atom stereocenters. The third kappa shape index (κ3) is 6.62. The van der Waals surface area contributed by atoms with Crippen LogP contribution in [0.2, 0.25) is 0 Å². The van der Waals surface area contributed by atoms with Gasteiger partial charge in [-0.2, -0.15) is 0 Å². The Morgan fingerprint density at radius 3 is 2.76 bits per heavy atom. The van der Waals surface area contributed by atoms with Crippen LogP contribution in [-0.2, 0) is 4.79 Å². The van der Waals surface area contributed by atoms with Crippen LogP contribution in [0.3, 0.4) is 0 Å². The second-order valence-electron chi connectivity index (χ2n) is 6.29. The minimum Gasteiger partial charge on any atom is -0.384 e. The maximum atomic E-state index is 11.8. The smallest absolute Gasteiger partial charge is 0.222 e. The van der Waals surface area contributed by atoms with E-state index in [-0.39, 0.29) is 5.91 Å². The standard InChI is InChI=1S/C17H31NO3/c1-3-4-8-13-15(19)18-17(2,21)16(20)14-11-9-6-5-7-10-12-14/h11,16,20-21H,3-10,12-13H2,1-2H3,(H,18,19)/b14-11+/t16-,17+/m1/s1. The summed E-state index contributed by atoms with van der Waals surface area (Å²) in [5.74, 6) is -0.195. The molecule has 1 amide bonds. The second-order valence-corrected chi connectivity index (χ2v) is 6.29. The molecule has 0 saturated carbocycles. The first-order valence-electron chi connectivity index (χ1n) is 8.37. The average Bonchev–Trinajstić information content (AvgIpc) is 2.37. The molecule has 1 aliphatic rings. The van der Waals surface area contributed by atoms with E-state index in [1.807, 2.05) is 6.08 Å². The van der Waals surface area contributed by atoms with Gasteiger partial charge in [0.25, 0.3) is 0 Å². The molecular weight excluding hydrogens is 266 g/mol. The fraction of sp³-hybridized carbons (Fsp3) is 0.824. The van der Waals surface area contributed by atoms with Gasteiger partial charge in [0.1, 0.15) is 6.10 Å². The van der Waals surface area contributed by atoms with E-state index in [2.05, 4.69) is 12.2 Å². The summed E-state index contributed by atoms with van der Waals surface area (Å²) in [6.45, 7) is 3.56. The van der Waals surface area contributed by atoms with E-state index in [9.17, 15) is 15.0 Å². The van der Waals surface area contributed by atoms with E-state index in [1.54, 1.807) is 0 Å². The fourth-order valence-electron chi connectivity index (χ4n) is 2.77. The first kappa shape index (κ1) is 18.2. The molecule has 0 spiro atoms. The van der Waals surface area contributed by atoms with Gasteiger partial charge in [-0.1, -0.05) is 38.7 Å². The van der Waals surface area contributed by atoms with Crippen LogP contribution in [0.5, 0.6) is 0 Å². The van der Waals surface area contributed by atoms with E-state index < -0.39 is 11.8 Å². The van der Waals surface area contributed by atoms with Crippen molar-refractivity contribution < 1.29 is 15.0 Å². The number of unbranched alkanes of at least 4 members (excludes halogenated alkanes) is 2. The van der Waals surface area contributed by atoms with Gasteiger partial charge in [-0.15, -0.1) is 0 Å². The zero-order valence-corrected chi connectivity index (χ0v) is 13.5. The molecule has 0 aromatic heterocycles. The molecule has 3 N–H and O–H groups in total. The van der Waals surface area contributed by atoms with E-state index in [1.165, 1.54) is 13.3 Å². The van der Waals surface area contributed by atoms with Gasteiger partial charge in [0.2, 0.25) is 5.91 Å². The van der Waals surface area contributed by atoms with Crippen molar-refractivity contribution in [3.8, 4) is 0 Å². The Morgan fingerprint density at radius 2 is 2.05 bits per heavy atom. The number of amides is 1. The molecule has 2 atom stereocenters. The lowest BCUT2D eigenvalue weighted by Gasteiger charge is -2.32. The first-order valence-corrected chi connectivity index (χ1v) is 8.37. The minimum atomic E-state index is -1.59. The normalized spacial score (nSPS) is 23.1. The summed E-state index contributed by atoms with van der Waals surface area (Å²) in [6, 6.07) is 0. The van der Waals surface area contributed by atoms with Crippen LogP contribution < -0.4 is 5.32 Å². The Balaban J connectivity index is 2.56. The van der Waals surface area contributed by atoms with Gasteiger partial charge >= 0.3 is 0 Å². The van der Waals surface area contributed by atoms with E-state index in [4.69, 9.17) is 0 Å². The lowest BCUT2D eigenvalue weighted by Crippen LogP contribution is -2.55. The maximum absolute atomic E-state index is 11.8. The van der Waals surface area contributed by atoms with Crippen LogP contribution in [0.1, 0.15) is 78.1 Å². The molecular formula is C17H31NO3. The highest BCUT2D eigenvalue weighted by molar-refractivity contribution is 5.76. The summed E-state index contributed by atoms with van der Waals surface area (Å²) in [5.41, 5.74) is -0.734. The van der Waals surface area contributed by atoms with Gasteiger partial charge in [0.05, 0.1) is 0 Å². The molecule has 0 heterocycles. The van der Waals surface area contributed by atoms with Crippen LogP contribution in [0.4, 0.5) is 0 Å². The van der Waals surface area contributed by atoms with Crippen molar-refractivity contribution in [3.63, 3.8) is 0 Å². The zero-order chi connectivity index (χ0) is 15.7. The van der Waals surface area contributed by atoms with Crippen LogP contribution in [0.15, 0.2) is 11.6 Å². The Bertz CT molecular complexity index is 350. The van der Waals surface area contributed by atoms with Gasteiger partial charge in [-0.25, -0.2) is 0 Å². The molecule has 4 heteroatoms. The monoisotopic (exact) mass is 297 g/mol. The van der Waals surface area contributed by atoms with Gasteiger partial charge < -0.3 is 15.5 Å². The number of carbonyl (C=O) groups is 1. The third-order valence-corrected chi connectivity index (χ3v) is 4.11. The number of allylic oxidation sites excluding steroid dienone is 1. The van der Waals surface area contributed by atoms with Gasteiger partial charge in [-0.05, 0) is 44.6 Å². The second kappa shape index (κ2) is 9.21. The van der Waals surface area contributed by atoms with Crippen LogP contribution >= 0.6 is 0 Å². The van der Waals surface area contributed by atoms with Crippen molar-refractivity contribution in [2.45, 2.75) is 89.9 Å². The summed E-state index contributed by atoms with van der Waals surface area (Å²) in [4.78, 5) is 11.8. The maximum Gasteiger partial charge on any atom is 0.222 e. The predicted molar refractivity (Wildman–Crippen MR) is 84.7 cm³/mol. The van der Waals surface area contributed by atoms with Crippen molar-refractivity contribution in [1.82, 2.24) is 5.32 Å². The molecule has 21 heavy (non-hydrogen) atoms. The van der Waals surface area contributed by atoms with Crippen LogP contribution in [0.25, 0.3) is 0 Å². The fourth-order valence-corrected chi connectivity index (χ4v) is 2.77. The van der Waals surface area contributed by atoms with Gasteiger partial charge in [0, 0.05) is 6.42 Å². The van der Waals surface area contributed by atoms with Crippen molar-refractivity contribution in [1.29, 1.82) is 0 Å². The number of nitrogens with one attached hydrogen (secondary N) is 1. The topological polar surface area (TPSA) is 69.6 Å². The summed E-state index contributed by atoms with van der Waals surface area (Å²) >= 11 is 0. The molecule has 0 aromatic rings. The zero-order valence-electron chi connectivity index (χ0n) is 13.5. The molecule has 1 aliphatic carbocycles. The molecule has 0 aromatic carbocycles. The summed E-state index contributed by atoms with van der Waals surface area (Å²) in [7, 11) is 0. The summed E-state index contributed by atoms with van der Waals surface area (Å²) in [6.07, 6.45) is 10.6. The van der Waals surface area contributed by atoms with E-state index in [0.29, 0.717) is 6.42 Å². The largest absolute Gasteiger partial charge is 0.384 e. The molecule has 0 fully saturated rings. The Kier molecular flexibility index (Phi) is 7.97. The van der Waals surface area contributed by atoms with Crippen LogP contribution in [0, 0.1) is 0 Å². The summed E-state index contributed by atoms with van der Waals surface area (Å²) < 4.78 is 0. The first-order chi connectivity index (χ1) is 9.97. The SMILES string of the molecule is CCCCCC(=O)N[C@@](C)(O)[C@H](O)/C1=C/CCCCCC1. The van der Waals surface area contributed by atoms with Crippen molar-refractivity contribution >= 4 is 5.91 Å². The lowest BCUT2D eigenvalue weighted by molar-refractivity contribution is -0.134. The van der Waals surface area contributed by atoms with E-state index >= 15 is 0 Å². The predicted octanol–water partition coefficient (Wildman–Crippen LogP) is 3.03. The Hall–Kier alpha value is -0.870. The highest BCUT2D eigenvalue weighted by Crippen LogP contribution is 2.24. The Morgan fingerprint density at radius 1 is 1.33 bits per heavy atom. The molecule has 4 nitrogen and oxygen atoms in total.